The molecule has 6 heteroatoms. The first kappa shape index (κ1) is 15.8. The molecule has 1 aliphatic heterocycles. The normalized spacial score (nSPS) is 20.1. The smallest absolute Gasteiger partial charge is 0.319 e. The maximum atomic E-state index is 12.1. The van der Waals surface area contributed by atoms with Crippen LogP contribution in [0.25, 0.3) is 0 Å². The molecule has 0 radical (unpaired) electrons. The van der Waals surface area contributed by atoms with Crippen LogP contribution in [0.5, 0.6) is 0 Å². The third-order valence-electron chi connectivity index (χ3n) is 4.17. The molecule has 3 N–H and O–H groups in total. The number of nitrogens with one attached hydrogen (secondary N) is 3. The Morgan fingerprint density at radius 1 is 1.26 bits per heavy atom. The van der Waals surface area contributed by atoms with Gasteiger partial charge in [-0.3, -0.25) is 4.79 Å². The van der Waals surface area contributed by atoms with Crippen molar-refractivity contribution in [3.8, 4) is 0 Å². The van der Waals surface area contributed by atoms with E-state index in [0.717, 1.165) is 37.9 Å². The maximum absolute atomic E-state index is 12.1. The molecule has 0 spiro atoms. The fourth-order valence-corrected chi connectivity index (χ4v) is 2.57. The van der Waals surface area contributed by atoms with Gasteiger partial charge in [0.1, 0.15) is 0 Å². The van der Waals surface area contributed by atoms with Crippen molar-refractivity contribution in [2.45, 2.75) is 44.8 Å². The van der Waals surface area contributed by atoms with Gasteiger partial charge in [-0.2, -0.15) is 0 Å². The van der Waals surface area contributed by atoms with Crippen molar-refractivity contribution in [1.82, 2.24) is 10.6 Å². The Kier molecular flexibility index (Phi) is 4.81. The number of hydrogen-bond acceptors (Lipinski definition) is 3. The predicted molar refractivity (Wildman–Crippen MR) is 87.7 cm³/mol. The van der Waals surface area contributed by atoms with Gasteiger partial charge in [0.2, 0.25) is 0 Å². The number of amides is 3. The van der Waals surface area contributed by atoms with Gasteiger partial charge in [-0.25, -0.2) is 4.79 Å². The Morgan fingerprint density at radius 2 is 2.09 bits per heavy atom. The van der Waals surface area contributed by atoms with Gasteiger partial charge in [0.15, 0.2) is 0 Å². The Balaban J connectivity index is 1.56. The molecule has 1 aromatic rings. The van der Waals surface area contributed by atoms with Crippen molar-refractivity contribution in [2.75, 3.05) is 18.5 Å². The summed E-state index contributed by atoms with van der Waals surface area (Å²) in [7, 11) is 0. The summed E-state index contributed by atoms with van der Waals surface area (Å²) in [5.41, 5.74) is 2.13. The molecular formula is C17H23N3O3. The number of aryl methyl sites for hydroxylation is 1. The predicted octanol–water partition coefficient (Wildman–Crippen LogP) is 2.19. The zero-order valence-corrected chi connectivity index (χ0v) is 13.4. The van der Waals surface area contributed by atoms with E-state index in [0.29, 0.717) is 23.8 Å². The lowest BCUT2D eigenvalue weighted by molar-refractivity contribution is 0.0951. The molecule has 1 saturated carbocycles. The highest BCUT2D eigenvalue weighted by atomic mass is 16.5. The molecule has 1 aromatic carbocycles. The molecule has 1 atom stereocenters. The monoisotopic (exact) mass is 317 g/mol. The lowest BCUT2D eigenvalue weighted by Gasteiger charge is -2.14. The van der Waals surface area contributed by atoms with Crippen molar-refractivity contribution in [3.63, 3.8) is 0 Å². The van der Waals surface area contributed by atoms with Crippen LogP contribution in [0.4, 0.5) is 10.5 Å². The van der Waals surface area contributed by atoms with Crippen LogP contribution in [0.15, 0.2) is 18.2 Å². The molecule has 3 amide bonds. The van der Waals surface area contributed by atoms with Crippen LogP contribution in [0.2, 0.25) is 0 Å². The van der Waals surface area contributed by atoms with E-state index in [-0.39, 0.29) is 18.0 Å². The summed E-state index contributed by atoms with van der Waals surface area (Å²) in [5, 5.41) is 8.58. The van der Waals surface area contributed by atoms with Crippen molar-refractivity contribution >= 4 is 17.6 Å². The standard InChI is InChI=1S/C17H23N3O3/c1-11-4-5-12(16(21)19-13-6-7-13)9-15(11)20-17(22)18-10-14-3-2-8-23-14/h4-5,9,13-14H,2-3,6-8,10H2,1H3,(H,19,21)(H2,18,20,22). The van der Waals surface area contributed by atoms with E-state index in [2.05, 4.69) is 16.0 Å². The molecule has 2 aliphatic rings. The maximum Gasteiger partial charge on any atom is 0.319 e. The molecular weight excluding hydrogens is 294 g/mol. The SMILES string of the molecule is Cc1ccc(C(=O)NC2CC2)cc1NC(=O)NCC1CCCO1. The second kappa shape index (κ2) is 7.00. The lowest BCUT2D eigenvalue weighted by atomic mass is 10.1. The van der Waals surface area contributed by atoms with E-state index in [1.54, 1.807) is 12.1 Å². The Bertz CT molecular complexity index is 593. The Hall–Kier alpha value is -2.08. The molecule has 3 rings (SSSR count). The number of anilines is 1. The first-order valence-corrected chi connectivity index (χ1v) is 8.20. The van der Waals surface area contributed by atoms with E-state index in [9.17, 15) is 9.59 Å². The Morgan fingerprint density at radius 3 is 2.78 bits per heavy atom. The number of ether oxygens (including phenoxy) is 1. The highest BCUT2D eigenvalue weighted by Gasteiger charge is 2.24. The average molecular weight is 317 g/mol. The van der Waals surface area contributed by atoms with Gasteiger partial charge < -0.3 is 20.7 Å². The van der Waals surface area contributed by atoms with E-state index in [1.807, 2.05) is 13.0 Å². The molecule has 1 saturated heterocycles. The molecule has 124 valence electrons. The van der Waals surface area contributed by atoms with Crippen LogP contribution in [-0.4, -0.2) is 37.2 Å². The quantitative estimate of drug-likeness (QED) is 0.779. The largest absolute Gasteiger partial charge is 0.376 e. The highest BCUT2D eigenvalue weighted by Crippen LogP contribution is 2.21. The summed E-state index contributed by atoms with van der Waals surface area (Å²) in [6.45, 7) is 3.18. The zero-order chi connectivity index (χ0) is 16.2. The molecule has 0 aromatic heterocycles. The number of carbonyl (C=O) groups excluding carboxylic acids is 2. The van der Waals surface area contributed by atoms with Gasteiger partial charge in [0.25, 0.3) is 5.91 Å². The second-order valence-electron chi connectivity index (χ2n) is 6.25. The number of rotatable bonds is 5. The average Bonchev–Trinajstić information content (AvgIpc) is 3.19. The summed E-state index contributed by atoms with van der Waals surface area (Å²) >= 11 is 0. The van der Waals surface area contributed by atoms with Crippen LogP contribution in [0.1, 0.15) is 41.6 Å². The van der Waals surface area contributed by atoms with E-state index in [1.165, 1.54) is 0 Å². The molecule has 1 unspecified atom stereocenters. The zero-order valence-electron chi connectivity index (χ0n) is 13.4. The summed E-state index contributed by atoms with van der Waals surface area (Å²) in [6, 6.07) is 5.39. The third-order valence-corrected chi connectivity index (χ3v) is 4.17. The van der Waals surface area contributed by atoms with Crippen molar-refractivity contribution < 1.29 is 14.3 Å². The second-order valence-corrected chi connectivity index (χ2v) is 6.25. The molecule has 6 nitrogen and oxygen atoms in total. The van der Waals surface area contributed by atoms with Crippen molar-refractivity contribution in [3.05, 3.63) is 29.3 Å². The van der Waals surface area contributed by atoms with E-state index >= 15 is 0 Å². The van der Waals surface area contributed by atoms with Crippen LogP contribution in [0.3, 0.4) is 0 Å². The van der Waals surface area contributed by atoms with Crippen LogP contribution < -0.4 is 16.0 Å². The topological polar surface area (TPSA) is 79.5 Å². The summed E-state index contributed by atoms with van der Waals surface area (Å²) in [6.07, 6.45) is 4.24. The van der Waals surface area contributed by atoms with Crippen molar-refractivity contribution in [2.24, 2.45) is 0 Å². The fraction of sp³-hybridized carbons (Fsp3) is 0.529. The number of benzene rings is 1. The molecule has 1 heterocycles. The summed E-state index contributed by atoms with van der Waals surface area (Å²) < 4.78 is 5.48. The van der Waals surface area contributed by atoms with Gasteiger partial charge in [-0.05, 0) is 50.3 Å². The van der Waals surface area contributed by atoms with E-state index in [4.69, 9.17) is 4.74 Å². The fourth-order valence-electron chi connectivity index (χ4n) is 2.57. The van der Waals surface area contributed by atoms with Gasteiger partial charge in [-0.1, -0.05) is 6.07 Å². The van der Waals surface area contributed by atoms with Crippen LogP contribution in [0, 0.1) is 6.92 Å². The molecule has 23 heavy (non-hydrogen) atoms. The number of urea groups is 1. The van der Waals surface area contributed by atoms with Gasteiger partial charge in [0, 0.05) is 30.4 Å². The van der Waals surface area contributed by atoms with Crippen LogP contribution in [-0.2, 0) is 4.74 Å². The highest BCUT2D eigenvalue weighted by molar-refractivity contribution is 5.97. The van der Waals surface area contributed by atoms with Crippen LogP contribution >= 0.6 is 0 Å². The van der Waals surface area contributed by atoms with Gasteiger partial charge >= 0.3 is 6.03 Å². The number of hydrogen-bond donors (Lipinski definition) is 3. The summed E-state index contributed by atoms with van der Waals surface area (Å²) in [4.78, 5) is 24.1. The minimum atomic E-state index is -0.275. The Labute approximate surface area is 136 Å². The molecule has 1 aliphatic carbocycles. The minimum absolute atomic E-state index is 0.0877. The van der Waals surface area contributed by atoms with Gasteiger partial charge in [-0.15, -0.1) is 0 Å². The number of carbonyl (C=O) groups is 2. The molecule has 2 fully saturated rings. The third kappa shape index (κ3) is 4.45. The summed E-state index contributed by atoms with van der Waals surface area (Å²) in [5.74, 6) is -0.0877. The van der Waals surface area contributed by atoms with Gasteiger partial charge in [0.05, 0.1) is 6.10 Å². The lowest BCUT2D eigenvalue weighted by Crippen LogP contribution is -2.35. The van der Waals surface area contributed by atoms with Crippen molar-refractivity contribution in [1.29, 1.82) is 0 Å². The first-order valence-electron chi connectivity index (χ1n) is 8.20. The van der Waals surface area contributed by atoms with E-state index < -0.39 is 0 Å². The first-order chi connectivity index (χ1) is 11.1. The molecule has 0 bridgehead atoms. The minimum Gasteiger partial charge on any atom is -0.376 e.